The molecule has 4 atom stereocenters. The standard InChI is InChI=1S/C38H49IN2O6/c1-5-24(17-26-18-31(39)36(44)33(19-26)47-4)11-12-32(43)34-28(23(2)3)20-29-35(30(34)22-42)38(46)41(37(29)45)27-13-15-40(16-14-27)21-25-9-7-6-8-10-25/h6-10,17-19,23,27,29-30,32,35,42-44H,5,11-16,20-22H2,1-4H3/b24-17+/t29-,30+,32-,35-/m1/s1. The van der Waals surface area contributed by atoms with Gasteiger partial charge in [0.1, 0.15) is 0 Å². The maximum atomic E-state index is 14.1. The third kappa shape index (κ3) is 7.63. The molecular formula is C38H49IN2O6. The number of nitrogens with zero attached hydrogens (tertiary/aromatic N) is 2. The van der Waals surface area contributed by atoms with Crippen molar-refractivity contribution in [2.24, 2.45) is 23.7 Å². The summed E-state index contributed by atoms with van der Waals surface area (Å²) in [5, 5.41) is 32.7. The van der Waals surface area contributed by atoms with Crippen LogP contribution in [0.15, 0.2) is 59.2 Å². The molecule has 8 nitrogen and oxygen atoms in total. The Morgan fingerprint density at radius 3 is 2.43 bits per heavy atom. The van der Waals surface area contributed by atoms with E-state index in [1.807, 2.05) is 24.3 Å². The van der Waals surface area contributed by atoms with Crippen LogP contribution in [0.25, 0.3) is 6.08 Å². The average molecular weight is 757 g/mol. The van der Waals surface area contributed by atoms with Gasteiger partial charge in [0, 0.05) is 31.6 Å². The number of piperidine rings is 1. The molecule has 0 unspecified atom stereocenters. The average Bonchev–Trinajstić information content (AvgIpc) is 3.32. The molecule has 5 rings (SSSR count). The number of amides is 2. The lowest BCUT2D eigenvalue weighted by atomic mass is 9.66. The quantitative estimate of drug-likeness (QED) is 0.135. The number of aliphatic hydroxyl groups excluding tert-OH is 2. The number of imide groups is 1. The Morgan fingerprint density at radius 1 is 1.11 bits per heavy atom. The first kappa shape index (κ1) is 35.6. The molecule has 2 heterocycles. The van der Waals surface area contributed by atoms with Crippen LogP contribution in [0, 0.1) is 27.2 Å². The van der Waals surface area contributed by atoms with E-state index < -0.39 is 23.9 Å². The van der Waals surface area contributed by atoms with Gasteiger partial charge >= 0.3 is 0 Å². The lowest BCUT2D eigenvalue weighted by Gasteiger charge is -2.38. The molecule has 2 amide bonds. The van der Waals surface area contributed by atoms with Crippen molar-refractivity contribution >= 4 is 40.5 Å². The number of aliphatic hydroxyl groups is 2. The number of methoxy groups -OCH3 is 1. The molecule has 2 aromatic carbocycles. The molecule has 2 fully saturated rings. The van der Waals surface area contributed by atoms with Gasteiger partial charge in [-0.15, -0.1) is 0 Å². The smallest absolute Gasteiger partial charge is 0.234 e. The minimum Gasteiger partial charge on any atom is -0.504 e. The summed E-state index contributed by atoms with van der Waals surface area (Å²) in [5.74, 6) is -1.42. The van der Waals surface area contributed by atoms with E-state index in [4.69, 9.17) is 4.74 Å². The molecule has 1 aliphatic carbocycles. The van der Waals surface area contributed by atoms with Crippen LogP contribution in [0.5, 0.6) is 11.5 Å². The molecule has 0 aromatic heterocycles. The molecule has 2 aliphatic heterocycles. The highest BCUT2D eigenvalue weighted by atomic mass is 127. The first-order valence-corrected chi connectivity index (χ1v) is 18.1. The molecule has 47 heavy (non-hydrogen) atoms. The molecule has 3 N–H and O–H groups in total. The lowest BCUT2D eigenvalue weighted by molar-refractivity contribution is -0.144. The molecule has 2 aromatic rings. The Labute approximate surface area is 292 Å². The van der Waals surface area contributed by atoms with E-state index in [0.717, 1.165) is 61.2 Å². The normalized spacial score (nSPS) is 23.5. The fourth-order valence-electron chi connectivity index (χ4n) is 7.90. The highest BCUT2D eigenvalue weighted by Crippen LogP contribution is 2.49. The minimum absolute atomic E-state index is 0.0700. The van der Waals surface area contributed by atoms with Crippen LogP contribution in [0.3, 0.4) is 0 Å². The molecule has 0 spiro atoms. The van der Waals surface area contributed by atoms with Gasteiger partial charge in [0.2, 0.25) is 11.8 Å². The predicted octanol–water partition coefficient (Wildman–Crippen LogP) is 6.17. The number of aromatic hydroxyl groups is 1. The number of halogens is 1. The number of rotatable bonds is 12. The molecule has 0 saturated carbocycles. The van der Waals surface area contributed by atoms with Crippen molar-refractivity contribution in [1.82, 2.24) is 9.80 Å². The number of phenols is 1. The van der Waals surface area contributed by atoms with Crippen molar-refractivity contribution in [1.29, 1.82) is 0 Å². The summed E-state index contributed by atoms with van der Waals surface area (Å²) in [6.45, 7) is 8.41. The highest BCUT2D eigenvalue weighted by molar-refractivity contribution is 14.1. The number of benzene rings is 2. The Kier molecular flexibility index (Phi) is 11.9. The van der Waals surface area contributed by atoms with Crippen LogP contribution in [0.1, 0.15) is 70.4 Å². The SMILES string of the molecule is CC/C(=C\c1cc(I)c(O)c(OC)c1)CC[C@@H](O)C1=C(C(C)C)C[C@H]2C(=O)N(C3CCN(Cc4ccccc4)CC3)C(=O)[C@H]2[C@H]1CO. The van der Waals surface area contributed by atoms with Crippen molar-refractivity contribution in [3.8, 4) is 11.5 Å². The zero-order valence-electron chi connectivity index (χ0n) is 28.0. The molecule has 2 saturated heterocycles. The third-order valence-corrected chi connectivity index (χ3v) is 11.2. The van der Waals surface area contributed by atoms with Gasteiger partial charge in [0.25, 0.3) is 0 Å². The zero-order chi connectivity index (χ0) is 33.8. The zero-order valence-corrected chi connectivity index (χ0v) is 30.2. The van der Waals surface area contributed by atoms with E-state index in [0.29, 0.717) is 28.6 Å². The lowest BCUT2D eigenvalue weighted by Crippen LogP contribution is -2.47. The van der Waals surface area contributed by atoms with Gasteiger partial charge in [-0.05, 0) is 95.9 Å². The highest BCUT2D eigenvalue weighted by Gasteiger charge is 2.56. The van der Waals surface area contributed by atoms with E-state index in [-0.39, 0.29) is 36.1 Å². The summed E-state index contributed by atoms with van der Waals surface area (Å²) in [6.07, 6.45) is 5.00. The first-order chi connectivity index (χ1) is 22.6. The number of carbonyl (C=O) groups excluding carboxylic acids is 2. The van der Waals surface area contributed by atoms with Gasteiger partial charge in [-0.25, -0.2) is 0 Å². The van der Waals surface area contributed by atoms with Gasteiger partial charge in [-0.1, -0.05) is 68.3 Å². The van der Waals surface area contributed by atoms with Crippen molar-refractivity contribution in [2.45, 2.75) is 78.0 Å². The van der Waals surface area contributed by atoms with Crippen LogP contribution in [0.4, 0.5) is 0 Å². The summed E-state index contributed by atoms with van der Waals surface area (Å²) >= 11 is 2.08. The molecule has 9 heteroatoms. The minimum atomic E-state index is -0.840. The van der Waals surface area contributed by atoms with Crippen molar-refractivity contribution < 1.29 is 29.6 Å². The number of ether oxygens (including phenoxy) is 1. The number of allylic oxidation sites excluding steroid dienone is 2. The van der Waals surface area contributed by atoms with Gasteiger partial charge in [-0.2, -0.15) is 0 Å². The second-order valence-electron chi connectivity index (χ2n) is 13.6. The number of hydrogen-bond donors (Lipinski definition) is 3. The fourth-order valence-corrected chi connectivity index (χ4v) is 8.53. The summed E-state index contributed by atoms with van der Waals surface area (Å²) in [5.41, 5.74) is 5.04. The van der Waals surface area contributed by atoms with Gasteiger partial charge in [0.05, 0.1) is 35.2 Å². The van der Waals surface area contributed by atoms with E-state index >= 15 is 0 Å². The Bertz CT molecular complexity index is 1500. The number of likely N-dealkylation sites (tertiary alicyclic amines) is 2. The second kappa shape index (κ2) is 15.7. The number of carbonyl (C=O) groups is 2. The van der Waals surface area contributed by atoms with Crippen molar-refractivity contribution in [3.63, 3.8) is 0 Å². The number of fused-ring (bicyclic) bond motifs is 1. The molecular weight excluding hydrogens is 707 g/mol. The Morgan fingerprint density at radius 2 is 1.81 bits per heavy atom. The Hall–Kier alpha value is -2.73. The van der Waals surface area contributed by atoms with E-state index in [2.05, 4.69) is 66.5 Å². The van der Waals surface area contributed by atoms with Crippen LogP contribution >= 0.6 is 22.6 Å². The van der Waals surface area contributed by atoms with Crippen LogP contribution in [0.2, 0.25) is 0 Å². The van der Waals surface area contributed by atoms with E-state index in [1.54, 1.807) is 6.07 Å². The maximum absolute atomic E-state index is 14.1. The van der Waals surface area contributed by atoms with Crippen LogP contribution in [-0.2, 0) is 16.1 Å². The number of hydrogen-bond acceptors (Lipinski definition) is 7. The van der Waals surface area contributed by atoms with Crippen molar-refractivity contribution in [3.05, 3.63) is 73.9 Å². The summed E-state index contributed by atoms with van der Waals surface area (Å²) in [7, 11) is 1.53. The Balaban J connectivity index is 1.31. The predicted molar refractivity (Wildman–Crippen MR) is 192 cm³/mol. The molecule has 3 aliphatic rings. The largest absolute Gasteiger partial charge is 0.504 e. The van der Waals surface area contributed by atoms with Crippen LogP contribution < -0.4 is 4.74 Å². The number of phenolic OH excluding ortho intramolecular Hbond substituents is 1. The first-order valence-electron chi connectivity index (χ1n) is 17.0. The van der Waals surface area contributed by atoms with Gasteiger partial charge < -0.3 is 20.1 Å². The van der Waals surface area contributed by atoms with E-state index in [1.165, 1.54) is 17.6 Å². The second-order valence-corrected chi connectivity index (χ2v) is 14.7. The summed E-state index contributed by atoms with van der Waals surface area (Å²) in [6, 6.07) is 13.9. The summed E-state index contributed by atoms with van der Waals surface area (Å²) < 4.78 is 6.02. The van der Waals surface area contributed by atoms with Crippen LogP contribution in [-0.4, -0.2) is 75.9 Å². The summed E-state index contributed by atoms with van der Waals surface area (Å²) in [4.78, 5) is 32.0. The van der Waals surface area contributed by atoms with Gasteiger partial charge in [-0.3, -0.25) is 19.4 Å². The third-order valence-electron chi connectivity index (χ3n) is 10.4. The fraction of sp³-hybridized carbons (Fsp3) is 0.526. The molecule has 254 valence electrons. The van der Waals surface area contributed by atoms with Crippen molar-refractivity contribution in [2.75, 3.05) is 26.8 Å². The molecule has 0 bridgehead atoms. The monoisotopic (exact) mass is 756 g/mol. The van der Waals surface area contributed by atoms with E-state index in [9.17, 15) is 24.9 Å². The maximum Gasteiger partial charge on any atom is 0.234 e. The topological polar surface area (TPSA) is 111 Å². The molecule has 0 radical (unpaired) electrons. The van der Waals surface area contributed by atoms with Gasteiger partial charge in [0.15, 0.2) is 11.5 Å².